The van der Waals surface area contributed by atoms with E-state index in [0.29, 0.717) is 44.9 Å². The first-order valence-corrected chi connectivity index (χ1v) is 32.4. The van der Waals surface area contributed by atoms with Gasteiger partial charge in [0, 0.05) is 86.0 Å². The zero-order valence-electron chi connectivity index (χ0n) is 52.5. The van der Waals surface area contributed by atoms with E-state index in [0.717, 1.165) is 112 Å². The van der Waals surface area contributed by atoms with Crippen molar-refractivity contribution in [1.29, 1.82) is 0 Å². The Balaban J connectivity index is 0.659. The lowest BCUT2D eigenvalue weighted by Crippen LogP contribution is -2.47. The second-order valence-corrected chi connectivity index (χ2v) is 25.9. The minimum Gasteiger partial charge on any atom is -0.355 e. The molecule has 0 saturated carbocycles. The van der Waals surface area contributed by atoms with Crippen molar-refractivity contribution in [2.45, 2.75) is 147 Å². The minimum atomic E-state index is 0.0289. The molecule has 2 fully saturated rings. The van der Waals surface area contributed by atoms with Gasteiger partial charge in [0.05, 0.1) is 28.8 Å². The van der Waals surface area contributed by atoms with Crippen LogP contribution in [0, 0.1) is 0 Å². The number of aromatic amines is 3. The number of rotatable bonds is 27. The second kappa shape index (κ2) is 28.9. The SMILES string of the molecule is CC(C)N(C)[C@H](CNC(=O)C[C@H](C)c1ccc(-c2cccc([C@@H](C)CC(=O)NC[C@H](Cc3ccc4[nH][n+](-c5cccc([C@@H](C)CC(=O)NC[C@H](Cc6ccc7[nH]ncc7c6)N6CCCC6)c5)cc4c3)N3CCCCC3)c2)cc1)Cc1ccc2[nH]ncc2c1. The molecule has 3 aromatic heterocycles. The van der Waals surface area contributed by atoms with Gasteiger partial charge in [-0.1, -0.05) is 111 Å². The highest BCUT2D eigenvalue weighted by Gasteiger charge is 2.27. The Morgan fingerprint density at radius 1 is 0.511 bits per heavy atom. The van der Waals surface area contributed by atoms with Crippen molar-refractivity contribution >= 4 is 50.4 Å². The maximum atomic E-state index is 13.9. The average molecular weight is 1180 g/mol. The highest BCUT2D eigenvalue weighted by molar-refractivity contribution is 5.81. The van der Waals surface area contributed by atoms with Gasteiger partial charge < -0.3 is 16.0 Å². The van der Waals surface area contributed by atoms with Gasteiger partial charge in [-0.15, -0.1) is 0 Å². The normalized spacial score (nSPS) is 16.3. The molecule has 0 aliphatic carbocycles. The van der Waals surface area contributed by atoms with Crippen molar-refractivity contribution in [2.24, 2.45) is 0 Å². The van der Waals surface area contributed by atoms with Crippen LogP contribution in [0.4, 0.5) is 0 Å². The predicted molar refractivity (Wildman–Crippen MR) is 354 cm³/mol. The number of H-pyrrole nitrogens is 3. The fourth-order valence-corrected chi connectivity index (χ4v) is 13.4. The molecule has 5 heterocycles. The number of carbonyl (C=O) groups excluding carboxylic acids is 3. The Bertz CT molecular complexity index is 3780. The molecule has 460 valence electrons. The van der Waals surface area contributed by atoms with Crippen molar-refractivity contribution < 1.29 is 19.1 Å². The monoisotopic (exact) mass is 1180 g/mol. The number of benzene rings is 6. The number of hydrogen-bond donors (Lipinski definition) is 6. The number of hydrogen-bond acceptors (Lipinski definition) is 8. The summed E-state index contributed by atoms with van der Waals surface area (Å²) < 4.78 is 2.09. The zero-order valence-corrected chi connectivity index (χ0v) is 52.5. The Labute approximate surface area is 519 Å². The third-order valence-corrected chi connectivity index (χ3v) is 19.1. The van der Waals surface area contributed by atoms with Gasteiger partial charge in [-0.05, 0) is 191 Å². The molecule has 6 atom stereocenters. The first kappa shape index (κ1) is 61.7. The summed E-state index contributed by atoms with van der Waals surface area (Å²) in [5, 5.41) is 31.4. The van der Waals surface area contributed by atoms with Crippen molar-refractivity contribution in [2.75, 3.05) is 52.9 Å². The Hall–Kier alpha value is -7.98. The van der Waals surface area contributed by atoms with Crippen LogP contribution >= 0.6 is 0 Å². The van der Waals surface area contributed by atoms with E-state index in [1.807, 2.05) is 12.4 Å². The van der Waals surface area contributed by atoms with Gasteiger partial charge in [-0.25, -0.2) is 0 Å². The molecule has 15 nitrogen and oxygen atoms in total. The number of fused-ring (bicyclic) bond motifs is 3. The number of nitrogens with one attached hydrogen (secondary N) is 6. The number of likely N-dealkylation sites (N-methyl/N-ethyl adjacent to an activating group) is 1. The summed E-state index contributed by atoms with van der Waals surface area (Å²) in [6, 6.07) is 46.2. The first-order valence-electron chi connectivity index (χ1n) is 32.4. The van der Waals surface area contributed by atoms with E-state index in [1.54, 1.807) is 0 Å². The molecule has 88 heavy (non-hydrogen) atoms. The zero-order chi connectivity index (χ0) is 61.1. The molecule has 0 radical (unpaired) electrons. The lowest BCUT2D eigenvalue weighted by molar-refractivity contribution is -0.653. The van der Waals surface area contributed by atoms with Gasteiger partial charge >= 0.3 is 0 Å². The first-order chi connectivity index (χ1) is 42.7. The number of carbonyl (C=O) groups is 3. The molecule has 0 bridgehead atoms. The van der Waals surface area contributed by atoms with Gasteiger partial charge in [0.25, 0.3) is 0 Å². The molecule has 2 saturated heterocycles. The molecule has 15 heteroatoms. The molecule has 9 aromatic rings. The summed E-state index contributed by atoms with van der Waals surface area (Å²) in [4.78, 5) is 48.3. The van der Waals surface area contributed by atoms with E-state index in [2.05, 4.69) is 236 Å². The number of aromatic nitrogens is 6. The summed E-state index contributed by atoms with van der Waals surface area (Å²) >= 11 is 0. The lowest BCUT2D eigenvalue weighted by Gasteiger charge is -2.35. The molecule has 0 spiro atoms. The van der Waals surface area contributed by atoms with Gasteiger partial charge in [0.1, 0.15) is 5.52 Å². The Morgan fingerprint density at radius 2 is 1.00 bits per heavy atom. The molecule has 0 unspecified atom stereocenters. The number of piperidine rings is 1. The van der Waals surface area contributed by atoms with E-state index in [4.69, 9.17) is 0 Å². The molecule has 2 aliphatic heterocycles. The van der Waals surface area contributed by atoms with Crippen LogP contribution in [0.1, 0.15) is 137 Å². The summed E-state index contributed by atoms with van der Waals surface area (Å²) in [6.07, 6.45) is 15.7. The van der Waals surface area contributed by atoms with E-state index in [-0.39, 0.29) is 53.6 Å². The Morgan fingerprint density at radius 3 is 1.57 bits per heavy atom. The smallest absolute Gasteiger partial charge is 0.235 e. The lowest BCUT2D eigenvalue weighted by atomic mass is 9.92. The molecular formula is C73H91N12O3+. The highest BCUT2D eigenvalue weighted by Crippen LogP contribution is 2.30. The number of amides is 3. The van der Waals surface area contributed by atoms with Crippen LogP contribution in [0.25, 0.3) is 49.5 Å². The summed E-state index contributed by atoms with van der Waals surface area (Å²) in [5.74, 6) is 0.322. The van der Waals surface area contributed by atoms with Crippen molar-refractivity contribution in [3.63, 3.8) is 0 Å². The third kappa shape index (κ3) is 15.8. The van der Waals surface area contributed by atoms with Gasteiger partial charge in [0.2, 0.25) is 29.6 Å². The maximum Gasteiger partial charge on any atom is 0.235 e. The average Bonchev–Trinajstić information content (AvgIpc) is 3.80. The number of likely N-dealkylation sites (tertiary alicyclic amines) is 2. The van der Waals surface area contributed by atoms with E-state index >= 15 is 0 Å². The van der Waals surface area contributed by atoms with Crippen LogP contribution in [-0.4, -0.2) is 135 Å². The minimum absolute atomic E-state index is 0.0289. The van der Waals surface area contributed by atoms with Crippen molar-refractivity contribution in [3.8, 4) is 16.8 Å². The van der Waals surface area contributed by atoms with Crippen LogP contribution in [-0.2, 0) is 33.6 Å². The van der Waals surface area contributed by atoms with Crippen LogP contribution in [0.15, 0.2) is 146 Å². The summed E-state index contributed by atoms with van der Waals surface area (Å²) in [7, 11) is 2.13. The molecule has 3 amide bonds. The second-order valence-electron chi connectivity index (χ2n) is 25.9. The largest absolute Gasteiger partial charge is 0.355 e. The number of nitrogens with zero attached hydrogens (tertiary/aromatic N) is 6. The van der Waals surface area contributed by atoms with Crippen LogP contribution in [0.5, 0.6) is 0 Å². The standard InChI is InChI=1S/C73H90N12O3/c1-49(2)82(6)65(38-53-18-25-68-61(35-53)43-77-79-68)45-74-71(86)32-50(3)56-21-23-57(24-22-56)60-16-12-14-58(41-60)51(4)33-72(87)75-47-67(83-28-8-7-9-29-83)40-55-20-27-70-63(37-55)48-85(81-70)64-17-13-15-59(42-64)52(5)34-73(88)76-46-66(84-30-10-11-31-84)39-54-19-26-69-62(36-54)44-78-80-69/h12-27,35-37,41-44,48-52,65-67H,7-11,28-34,38-40,45-47H2,1-6H3,(H5,74,75,76,77,78,79,80,86,87,88)/p+1/t50-,51-,52-,65-,66-,67-/m0/s1. The van der Waals surface area contributed by atoms with Crippen molar-refractivity contribution in [3.05, 3.63) is 179 Å². The van der Waals surface area contributed by atoms with Gasteiger partial charge in [-0.2, -0.15) is 15.3 Å². The van der Waals surface area contributed by atoms with E-state index in [1.165, 1.54) is 48.8 Å². The van der Waals surface area contributed by atoms with Crippen LogP contribution in [0.2, 0.25) is 0 Å². The molecule has 6 aromatic carbocycles. The van der Waals surface area contributed by atoms with Gasteiger partial charge in [-0.3, -0.25) is 39.3 Å². The summed E-state index contributed by atoms with van der Waals surface area (Å²) in [5.41, 5.74) is 13.5. The third-order valence-electron chi connectivity index (χ3n) is 19.1. The molecule has 6 N–H and O–H groups in total. The fraction of sp³-hybridized carbons (Fsp3) is 0.425. The van der Waals surface area contributed by atoms with Crippen LogP contribution < -0.4 is 20.6 Å². The Kier molecular flexibility index (Phi) is 20.2. The van der Waals surface area contributed by atoms with E-state index in [9.17, 15) is 14.4 Å². The van der Waals surface area contributed by atoms with E-state index < -0.39 is 0 Å². The predicted octanol–water partition coefficient (Wildman–Crippen LogP) is 11.4. The van der Waals surface area contributed by atoms with Crippen LogP contribution in [0.3, 0.4) is 0 Å². The molecule has 11 rings (SSSR count). The topological polar surface area (TPSA) is 174 Å². The van der Waals surface area contributed by atoms with Gasteiger partial charge in [0.15, 0.2) is 0 Å². The van der Waals surface area contributed by atoms with Crippen molar-refractivity contribution in [1.82, 2.24) is 56.1 Å². The highest BCUT2D eigenvalue weighted by atomic mass is 16.2. The molecule has 2 aliphatic rings. The fourth-order valence-electron chi connectivity index (χ4n) is 13.4. The quantitative estimate of drug-likeness (QED) is 0.0276. The molecular weight excluding hydrogens is 1090 g/mol. The summed E-state index contributed by atoms with van der Waals surface area (Å²) in [6.45, 7) is 16.8. The maximum absolute atomic E-state index is 13.9.